The van der Waals surface area contributed by atoms with E-state index in [2.05, 4.69) is 59.5 Å². The molecule has 2 N–H and O–H groups in total. The van der Waals surface area contributed by atoms with Gasteiger partial charge in [-0.3, -0.25) is 0 Å². The zero-order chi connectivity index (χ0) is 13.1. The fourth-order valence-corrected chi connectivity index (χ4v) is 2.65. The Hall–Kier alpha value is -1.80. The summed E-state index contributed by atoms with van der Waals surface area (Å²) in [5.41, 5.74) is 9.81. The number of rotatable bonds is 2. The van der Waals surface area contributed by atoms with Gasteiger partial charge in [0.05, 0.1) is 0 Å². The van der Waals surface area contributed by atoms with Gasteiger partial charge in [-0.05, 0) is 36.1 Å². The molecule has 98 valence electrons. The third kappa shape index (κ3) is 2.79. The third-order valence-corrected chi connectivity index (χ3v) is 3.88. The Kier molecular flexibility index (Phi) is 3.51. The van der Waals surface area contributed by atoms with Gasteiger partial charge in [0, 0.05) is 24.8 Å². The molecule has 2 heteroatoms. The first-order chi connectivity index (χ1) is 9.33. The first-order valence-electron chi connectivity index (χ1n) is 6.99. The summed E-state index contributed by atoms with van der Waals surface area (Å²) in [5, 5.41) is 0. The molecule has 1 aliphatic heterocycles. The topological polar surface area (TPSA) is 29.3 Å². The van der Waals surface area contributed by atoms with E-state index in [-0.39, 0.29) is 0 Å². The number of nitrogens with two attached hydrogens (primary N) is 1. The van der Waals surface area contributed by atoms with Crippen molar-refractivity contribution >= 4 is 5.69 Å². The van der Waals surface area contributed by atoms with Gasteiger partial charge in [-0.2, -0.15) is 0 Å². The van der Waals surface area contributed by atoms with Crippen LogP contribution in [0, 0.1) is 0 Å². The van der Waals surface area contributed by atoms with E-state index in [1.807, 2.05) is 0 Å². The molecular weight excluding hydrogens is 232 g/mol. The summed E-state index contributed by atoms with van der Waals surface area (Å²) in [7, 11) is 0. The SMILES string of the molecule is NC1CCN(c2ccc(-c3ccccc3)cc2)CC1. The molecule has 0 bridgehead atoms. The van der Waals surface area contributed by atoms with E-state index in [0.717, 1.165) is 25.9 Å². The van der Waals surface area contributed by atoms with Crippen molar-refractivity contribution in [3.05, 3.63) is 54.6 Å². The maximum Gasteiger partial charge on any atom is 0.0366 e. The second-order valence-corrected chi connectivity index (χ2v) is 5.24. The Morgan fingerprint density at radius 3 is 2.00 bits per heavy atom. The summed E-state index contributed by atoms with van der Waals surface area (Å²) >= 11 is 0. The van der Waals surface area contributed by atoms with Crippen LogP contribution in [0.25, 0.3) is 11.1 Å². The lowest BCUT2D eigenvalue weighted by atomic mass is 10.0. The molecule has 0 saturated carbocycles. The fraction of sp³-hybridized carbons (Fsp3) is 0.294. The zero-order valence-electron chi connectivity index (χ0n) is 11.1. The molecule has 0 amide bonds. The van der Waals surface area contributed by atoms with Gasteiger partial charge in [-0.1, -0.05) is 42.5 Å². The minimum Gasteiger partial charge on any atom is -0.371 e. The first-order valence-corrected chi connectivity index (χ1v) is 6.99. The van der Waals surface area contributed by atoms with E-state index in [9.17, 15) is 0 Å². The monoisotopic (exact) mass is 252 g/mol. The van der Waals surface area contributed by atoms with Crippen molar-refractivity contribution in [2.45, 2.75) is 18.9 Å². The van der Waals surface area contributed by atoms with Crippen LogP contribution in [0.1, 0.15) is 12.8 Å². The molecular formula is C17H20N2. The van der Waals surface area contributed by atoms with Crippen LogP contribution in [0.5, 0.6) is 0 Å². The molecule has 3 rings (SSSR count). The highest BCUT2D eigenvalue weighted by atomic mass is 15.1. The molecule has 0 spiro atoms. The largest absolute Gasteiger partial charge is 0.371 e. The Morgan fingerprint density at radius 2 is 1.37 bits per heavy atom. The van der Waals surface area contributed by atoms with Gasteiger partial charge in [0.25, 0.3) is 0 Å². The smallest absolute Gasteiger partial charge is 0.0366 e. The molecule has 0 aliphatic carbocycles. The van der Waals surface area contributed by atoms with E-state index in [4.69, 9.17) is 5.73 Å². The summed E-state index contributed by atoms with van der Waals surface area (Å²) in [4.78, 5) is 2.43. The Balaban J connectivity index is 1.76. The van der Waals surface area contributed by atoms with Crippen LogP contribution in [-0.2, 0) is 0 Å². The van der Waals surface area contributed by atoms with Gasteiger partial charge in [-0.15, -0.1) is 0 Å². The predicted molar refractivity (Wildman–Crippen MR) is 81.3 cm³/mol. The first kappa shape index (κ1) is 12.2. The van der Waals surface area contributed by atoms with Crippen LogP contribution < -0.4 is 10.6 Å². The van der Waals surface area contributed by atoms with Crippen molar-refractivity contribution in [2.75, 3.05) is 18.0 Å². The van der Waals surface area contributed by atoms with Crippen LogP contribution in [0.3, 0.4) is 0 Å². The van der Waals surface area contributed by atoms with Crippen LogP contribution in [0.15, 0.2) is 54.6 Å². The van der Waals surface area contributed by atoms with Crippen molar-refractivity contribution in [1.29, 1.82) is 0 Å². The highest BCUT2D eigenvalue weighted by Crippen LogP contribution is 2.24. The van der Waals surface area contributed by atoms with Crippen LogP contribution in [0.2, 0.25) is 0 Å². The normalized spacial score (nSPS) is 16.6. The van der Waals surface area contributed by atoms with Crippen LogP contribution in [0.4, 0.5) is 5.69 Å². The Labute approximate surface area is 114 Å². The van der Waals surface area contributed by atoms with Crippen molar-refractivity contribution in [3.8, 4) is 11.1 Å². The molecule has 0 atom stereocenters. The van der Waals surface area contributed by atoms with Crippen LogP contribution >= 0.6 is 0 Å². The minimum atomic E-state index is 0.389. The van der Waals surface area contributed by atoms with Crippen molar-refractivity contribution in [1.82, 2.24) is 0 Å². The lowest BCUT2D eigenvalue weighted by molar-refractivity contribution is 0.501. The Bertz CT molecular complexity index is 511. The average molecular weight is 252 g/mol. The molecule has 1 heterocycles. The Morgan fingerprint density at radius 1 is 0.789 bits per heavy atom. The molecule has 2 aromatic carbocycles. The molecule has 0 radical (unpaired) electrons. The summed E-state index contributed by atoms with van der Waals surface area (Å²) in [5.74, 6) is 0. The van der Waals surface area contributed by atoms with Gasteiger partial charge in [0.1, 0.15) is 0 Å². The van der Waals surface area contributed by atoms with Crippen molar-refractivity contribution < 1.29 is 0 Å². The molecule has 0 unspecified atom stereocenters. The third-order valence-electron chi connectivity index (χ3n) is 3.88. The maximum atomic E-state index is 5.95. The molecule has 1 fully saturated rings. The second kappa shape index (κ2) is 5.45. The van der Waals surface area contributed by atoms with E-state index in [1.165, 1.54) is 16.8 Å². The van der Waals surface area contributed by atoms with E-state index in [0.29, 0.717) is 6.04 Å². The average Bonchev–Trinajstić information content (AvgIpc) is 2.49. The zero-order valence-corrected chi connectivity index (χ0v) is 11.1. The number of benzene rings is 2. The summed E-state index contributed by atoms with van der Waals surface area (Å²) < 4.78 is 0. The molecule has 2 aromatic rings. The van der Waals surface area contributed by atoms with Gasteiger partial charge >= 0.3 is 0 Å². The maximum absolute atomic E-state index is 5.95. The van der Waals surface area contributed by atoms with Crippen molar-refractivity contribution in [3.63, 3.8) is 0 Å². The summed E-state index contributed by atoms with van der Waals surface area (Å²) in [6.07, 6.45) is 2.20. The lowest BCUT2D eigenvalue weighted by Crippen LogP contribution is -2.39. The molecule has 2 nitrogen and oxygen atoms in total. The fourth-order valence-electron chi connectivity index (χ4n) is 2.65. The number of piperidine rings is 1. The second-order valence-electron chi connectivity index (χ2n) is 5.24. The number of anilines is 1. The standard InChI is InChI=1S/C17H20N2/c18-16-10-12-19(13-11-16)17-8-6-15(7-9-17)14-4-2-1-3-5-14/h1-9,16H,10-13,18H2. The number of nitrogens with zero attached hydrogens (tertiary/aromatic N) is 1. The molecule has 0 aromatic heterocycles. The molecule has 1 aliphatic rings. The molecule has 19 heavy (non-hydrogen) atoms. The predicted octanol–water partition coefficient (Wildman–Crippen LogP) is 3.28. The highest BCUT2D eigenvalue weighted by Gasteiger charge is 2.16. The number of hydrogen-bond donors (Lipinski definition) is 1. The van der Waals surface area contributed by atoms with Gasteiger partial charge in [0.15, 0.2) is 0 Å². The van der Waals surface area contributed by atoms with E-state index >= 15 is 0 Å². The highest BCUT2D eigenvalue weighted by molar-refractivity contribution is 5.66. The van der Waals surface area contributed by atoms with Crippen LogP contribution in [-0.4, -0.2) is 19.1 Å². The van der Waals surface area contributed by atoms with E-state index < -0.39 is 0 Å². The van der Waals surface area contributed by atoms with Gasteiger partial charge in [-0.25, -0.2) is 0 Å². The van der Waals surface area contributed by atoms with E-state index in [1.54, 1.807) is 0 Å². The van der Waals surface area contributed by atoms with Gasteiger partial charge < -0.3 is 10.6 Å². The lowest BCUT2D eigenvalue weighted by Gasteiger charge is -2.32. The van der Waals surface area contributed by atoms with Gasteiger partial charge in [0.2, 0.25) is 0 Å². The summed E-state index contributed by atoms with van der Waals surface area (Å²) in [6.45, 7) is 2.15. The van der Waals surface area contributed by atoms with Crippen molar-refractivity contribution in [2.24, 2.45) is 5.73 Å². The quantitative estimate of drug-likeness (QED) is 0.888. The summed E-state index contributed by atoms with van der Waals surface area (Å²) in [6, 6.07) is 19.7. The number of hydrogen-bond acceptors (Lipinski definition) is 2. The minimum absolute atomic E-state index is 0.389. The molecule has 1 saturated heterocycles.